The minimum atomic E-state index is -5.50. The highest BCUT2D eigenvalue weighted by atomic mass is 19.4. The maximum Gasteiger partial charge on any atom is 0.471 e. The molecule has 0 heterocycles. The number of alkyl halides is 9. The van der Waals surface area contributed by atoms with Crippen LogP contribution in [-0.2, 0) is 45.5 Å². The predicted octanol–water partition coefficient (Wildman–Crippen LogP) is 9.28. The Morgan fingerprint density at radius 1 is 0.458 bits per heavy atom. The lowest BCUT2D eigenvalue weighted by molar-refractivity contribution is -0.172. The Morgan fingerprint density at radius 2 is 0.708 bits per heavy atom. The second kappa shape index (κ2) is 21.7. The number of aromatic hydroxyl groups is 2. The molecule has 16 nitrogen and oxygen atoms in total. The molecule has 1 aliphatic rings. The molecular weight excluding hydrogens is 980 g/mol. The summed E-state index contributed by atoms with van der Waals surface area (Å²) in [4.78, 5) is 73.8. The summed E-state index contributed by atoms with van der Waals surface area (Å²) in [5, 5.41) is 34.2. The number of hydrogen-bond donors (Lipinski definition) is 8. The van der Waals surface area contributed by atoms with Crippen LogP contribution in [0, 0.1) is 0 Å². The molecule has 9 amide bonds. The van der Waals surface area contributed by atoms with Crippen molar-refractivity contribution in [2.75, 3.05) is 29.2 Å². The minimum Gasteiger partial charge on any atom is -0.507 e. The van der Waals surface area contributed by atoms with Crippen LogP contribution in [0.2, 0.25) is 0 Å². The van der Waals surface area contributed by atoms with Gasteiger partial charge in [-0.25, -0.2) is 14.4 Å². The van der Waals surface area contributed by atoms with Gasteiger partial charge in [-0.1, -0.05) is 46.8 Å². The molecule has 4 aromatic carbocycles. The molecule has 388 valence electrons. The summed E-state index contributed by atoms with van der Waals surface area (Å²) >= 11 is 0. The number of urea groups is 3. The molecule has 0 spiro atoms. The first-order valence-corrected chi connectivity index (χ1v) is 21.7. The van der Waals surface area contributed by atoms with Crippen LogP contribution in [0.25, 0.3) is 0 Å². The number of phenolic OH excluding ortho intramolecular Hbond substituents is 2. The number of imide groups is 3. The van der Waals surface area contributed by atoms with E-state index in [1.165, 1.54) is 34.9 Å². The first-order chi connectivity index (χ1) is 33.4. The predicted molar refractivity (Wildman–Crippen MR) is 240 cm³/mol. The van der Waals surface area contributed by atoms with Gasteiger partial charge in [-0.15, -0.1) is 0 Å². The van der Waals surface area contributed by atoms with Crippen molar-refractivity contribution in [1.29, 1.82) is 0 Å². The molecule has 4 aromatic rings. The van der Waals surface area contributed by atoms with E-state index in [0.717, 1.165) is 17.4 Å². The lowest BCUT2D eigenvalue weighted by atomic mass is 9.82. The van der Waals surface area contributed by atoms with Crippen LogP contribution < -0.4 is 41.4 Å². The monoisotopic (exact) mass is 1030 g/mol. The van der Waals surface area contributed by atoms with E-state index in [2.05, 4.69) is 16.0 Å². The Labute approximate surface area is 404 Å². The van der Waals surface area contributed by atoms with Crippen molar-refractivity contribution in [1.82, 2.24) is 16.0 Å². The van der Waals surface area contributed by atoms with Crippen molar-refractivity contribution in [2.45, 2.75) is 97.1 Å². The van der Waals surface area contributed by atoms with Crippen LogP contribution in [0.5, 0.6) is 23.0 Å². The zero-order valence-electron chi connectivity index (χ0n) is 38.8. The fourth-order valence-electron chi connectivity index (χ4n) is 7.35. The van der Waals surface area contributed by atoms with Crippen LogP contribution in [0.4, 0.5) is 71.0 Å². The maximum atomic E-state index is 13.2. The van der Waals surface area contributed by atoms with Gasteiger partial charge in [0.1, 0.15) is 23.0 Å². The normalized spacial score (nSPS) is 12.8. The summed E-state index contributed by atoms with van der Waals surface area (Å²) in [6.07, 6.45) is -17.1. The summed E-state index contributed by atoms with van der Waals surface area (Å²) in [5.41, 5.74) is -0.281. The Bertz CT molecular complexity index is 2640. The Balaban J connectivity index is 1.86. The molecule has 5 rings (SSSR count). The van der Waals surface area contributed by atoms with Gasteiger partial charge in [0.05, 0.1) is 13.2 Å². The number of carbonyl (C=O) groups excluding carboxylic acids is 6. The highest BCUT2D eigenvalue weighted by molar-refractivity contribution is 6.04. The van der Waals surface area contributed by atoms with Crippen molar-refractivity contribution in [3.63, 3.8) is 0 Å². The van der Waals surface area contributed by atoms with Gasteiger partial charge in [-0.05, 0) is 71.3 Å². The van der Waals surface area contributed by atoms with E-state index in [9.17, 15) is 78.5 Å². The summed E-state index contributed by atoms with van der Waals surface area (Å²) < 4.78 is 131. The fraction of sp³-hybridized carbons (Fsp3) is 0.362. The molecule has 72 heavy (non-hydrogen) atoms. The Morgan fingerprint density at radius 3 is 0.944 bits per heavy atom. The van der Waals surface area contributed by atoms with Crippen molar-refractivity contribution >= 4 is 52.9 Å². The van der Waals surface area contributed by atoms with E-state index in [4.69, 9.17) is 9.47 Å². The first kappa shape index (κ1) is 55.2. The van der Waals surface area contributed by atoms with Gasteiger partial charge < -0.3 is 35.6 Å². The third-order valence-corrected chi connectivity index (χ3v) is 10.5. The van der Waals surface area contributed by atoms with Crippen LogP contribution in [0.15, 0.2) is 48.5 Å². The van der Waals surface area contributed by atoms with Gasteiger partial charge in [0.25, 0.3) is 0 Å². The number of halogens is 9. The van der Waals surface area contributed by atoms with Crippen molar-refractivity contribution in [3.05, 3.63) is 98.6 Å². The van der Waals surface area contributed by atoms with E-state index in [0.29, 0.717) is 29.5 Å². The van der Waals surface area contributed by atoms with Crippen LogP contribution in [0.3, 0.4) is 0 Å². The number of amides is 9. The third kappa shape index (κ3) is 14.2. The number of ether oxygens (including phenoxy) is 2. The van der Waals surface area contributed by atoms with Crippen molar-refractivity contribution in [3.8, 4) is 23.0 Å². The Hall–Kier alpha value is -7.73. The number of anilines is 3. The van der Waals surface area contributed by atoms with Gasteiger partial charge in [0.15, 0.2) is 0 Å². The number of nitrogens with one attached hydrogen (secondary N) is 6. The third-order valence-electron chi connectivity index (χ3n) is 10.5. The summed E-state index contributed by atoms with van der Waals surface area (Å²) in [5.74, 6) is -8.61. The Kier molecular flexibility index (Phi) is 16.7. The summed E-state index contributed by atoms with van der Waals surface area (Å²) in [6, 6.07) is 5.57. The minimum absolute atomic E-state index is 0.00159. The molecule has 0 radical (unpaired) electrons. The number of rotatable bonds is 9. The van der Waals surface area contributed by atoms with Gasteiger partial charge >= 0.3 is 54.3 Å². The molecule has 0 fully saturated rings. The zero-order chi connectivity index (χ0) is 53.7. The number of fused-ring (bicyclic) bond motifs is 8. The smallest absolute Gasteiger partial charge is 0.471 e. The fourth-order valence-corrected chi connectivity index (χ4v) is 7.35. The number of carbonyl (C=O) groups is 6. The second-order valence-corrected chi connectivity index (χ2v) is 17.4. The maximum absolute atomic E-state index is 13.2. The lowest BCUT2D eigenvalue weighted by Gasteiger charge is -2.26. The molecule has 0 aromatic heterocycles. The van der Waals surface area contributed by atoms with E-state index in [-0.39, 0.29) is 88.0 Å². The number of phenols is 2. The highest BCUT2D eigenvalue weighted by Crippen LogP contribution is 2.43. The van der Waals surface area contributed by atoms with Gasteiger partial charge in [0, 0.05) is 76.1 Å². The number of hydrogen-bond acceptors (Lipinski definition) is 10. The average molecular weight is 1030 g/mol. The molecular formula is C47H47F9N6O10. The van der Waals surface area contributed by atoms with Crippen molar-refractivity contribution in [2.24, 2.45) is 0 Å². The molecule has 0 saturated heterocycles. The second-order valence-electron chi connectivity index (χ2n) is 17.4. The van der Waals surface area contributed by atoms with Crippen LogP contribution in [-0.4, -0.2) is 77.8 Å². The van der Waals surface area contributed by atoms with Crippen LogP contribution in [0.1, 0.15) is 97.5 Å². The van der Waals surface area contributed by atoms with Crippen molar-refractivity contribution < 1.29 is 88.0 Å². The lowest BCUT2D eigenvalue weighted by Crippen LogP contribution is -2.42. The molecule has 0 unspecified atom stereocenters. The topological polar surface area (TPSA) is 234 Å². The molecule has 8 bridgehead atoms. The average Bonchev–Trinajstić information content (AvgIpc) is 3.24. The van der Waals surface area contributed by atoms with E-state index in [1.807, 2.05) is 20.8 Å². The highest BCUT2D eigenvalue weighted by Gasteiger charge is 2.41. The van der Waals surface area contributed by atoms with Crippen LogP contribution >= 0.6 is 0 Å². The molecule has 25 heteroatoms. The van der Waals surface area contributed by atoms with Gasteiger partial charge in [-0.3, -0.25) is 30.3 Å². The molecule has 0 saturated carbocycles. The number of benzene rings is 4. The summed E-state index contributed by atoms with van der Waals surface area (Å²) in [6.45, 7) is 9.14. The molecule has 8 N–H and O–H groups in total. The zero-order valence-corrected chi connectivity index (χ0v) is 38.8. The first-order valence-electron chi connectivity index (χ1n) is 21.7. The SMILES string of the molecule is CCCOc1c2cc(NC(=O)NC(=O)C(F)(F)F)cc1Cc1cc(NC(=O)NC(=O)C(F)(F)F)cc(c1O)Cc1cc(C(C)(C)C)cc(c1OCCC)Cc1cc(NC(=O)NC(=O)C(F)(F)F)cc(c1O)C2. The molecule has 0 aliphatic heterocycles. The molecule has 0 atom stereocenters. The van der Waals surface area contributed by atoms with E-state index < -0.39 is 84.1 Å². The largest absolute Gasteiger partial charge is 0.507 e. The van der Waals surface area contributed by atoms with Gasteiger partial charge in [0.2, 0.25) is 0 Å². The molecule has 1 aliphatic carbocycles. The van der Waals surface area contributed by atoms with E-state index in [1.54, 1.807) is 26.0 Å². The van der Waals surface area contributed by atoms with Gasteiger partial charge in [-0.2, -0.15) is 39.5 Å². The standard InChI is InChI=1S/C47H47F9N6O10/c1-6-8-71-36-26-10-22-16-31(57-41(68)60-38(65)45(48,49)50)18-24(34(22)63)12-28-20-33(59-43(70)62-40(67)47(54,55)56)21-29(37(28)72-9-7-2)13-25-19-32(58-42(69)61-39(66)46(51,52)53)17-23(35(25)64)11-27(36)15-30(14-26)44(3,4)5/h14-21,63-64H,6-13H2,1-5H3,(H2,57,60,65,68)(H2,58,61,66,69)(H2,59,62,67,70). The van der Waals surface area contributed by atoms with E-state index >= 15 is 0 Å². The quantitative estimate of drug-likeness (QED) is 0.0515. The summed E-state index contributed by atoms with van der Waals surface area (Å²) in [7, 11) is 0.